The third-order valence-electron chi connectivity index (χ3n) is 5.27. The third kappa shape index (κ3) is 3.49. The number of H-pyrrole nitrogens is 1. The maximum atomic E-state index is 12.5. The first kappa shape index (κ1) is 17.1. The van der Waals surface area contributed by atoms with Gasteiger partial charge in [0.1, 0.15) is 4.83 Å². The van der Waals surface area contributed by atoms with Crippen LogP contribution in [0.1, 0.15) is 43.0 Å². The predicted molar refractivity (Wildman–Crippen MR) is 103 cm³/mol. The van der Waals surface area contributed by atoms with Gasteiger partial charge in [0.2, 0.25) is 5.91 Å². The first-order chi connectivity index (χ1) is 12.1. The zero-order chi connectivity index (χ0) is 17.4. The minimum Gasteiger partial charge on any atom is -0.342 e. The zero-order valence-corrected chi connectivity index (χ0v) is 16.1. The maximum absolute atomic E-state index is 12.5. The smallest absolute Gasteiger partial charge is 0.260 e. The molecule has 0 spiro atoms. The molecule has 2 aromatic heterocycles. The SMILES string of the molecule is CC1CCN(C(=O)CSc2nc3sc4c(c3c(=O)[nH]2)CCCC4)CC1. The third-order valence-corrected chi connectivity index (χ3v) is 7.32. The van der Waals surface area contributed by atoms with E-state index < -0.39 is 0 Å². The molecule has 0 unspecified atom stereocenters. The van der Waals surface area contributed by atoms with Gasteiger partial charge in [0.05, 0.1) is 11.1 Å². The number of amides is 1. The Balaban J connectivity index is 1.48. The molecule has 2 aromatic rings. The number of aromatic amines is 1. The lowest BCUT2D eigenvalue weighted by atomic mass is 9.97. The van der Waals surface area contributed by atoms with Crippen LogP contribution >= 0.6 is 23.1 Å². The first-order valence-corrected chi connectivity index (χ1v) is 10.9. The minimum absolute atomic E-state index is 0.0499. The Labute approximate surface area is 155 Å². The Bertz CT molecular complexity index is 850. The van der Waals surface area contributed by atoms with E-state index in [0.29, 0.717) is 16.8 Å². The summed E-state index contributed by atoms with van der Waals surface area (Å²) in [6.07, 6.45) is 6.55. The number of fused-ring (bicyclic) bond motifs is 3. The summed E-state index contributed by atoms with van der Waals surface area (Å²) in [5, 5.41) is 1.34. The number of rotatable bonds is 3. The highest BCUT2D eigenvalue weighted by Crippen LogP contribution is 2.34. The second-order valence-electron chi connectivity index (χ2n) is 7.11. The molecule has 1 aliphatic heterocycles. The molecule has 0 bridgehead atoms. The van der Waals surface area contributed by atoms with Crippen molar-refractivity contribution in [3.63, 3.8) is 0 Å². The number of aromatic nitrogens is 2. The number of thiophene rings is 1. The van der Waals surface area contributed by atoms with Gasteiger partial charge in [-0.1, -0.05) is 18.7 Å². The fourth-order valence-corrected chi connectivity index (χ4v) is 5.78. The number of carbonyl (C=O) groups is 1. The van der Waals surface area contributed by atoms with E-state index in [1.807, 2.05) is 4.90 Å². The summed E-state index contributed by atoms with van der Waals surface area (Å²) in [4.78, 5) is 36.5. The van der Waals surface area contributed by atoms with E-state index >= 15 is 0 Å². The van der Waals surface area contributed by atoms with Crippen LogP contribution in [0.5, 0.6) is 0 Å². The minimum atomic E-state index is -0.0499. The molecule has 1 aliphatic carbocycles. The molecular weight excluding hydrogens is 354 g/mol. The molecule has 4 rings (SSSR count). The number of nitrogens with zero attached hydrogens (tertiary/aromatic N) is 2. The van der Waals surface area contributed by atoms with Gasteiger partial charge < -0.3 is 9.88 Å². The lowest BCUT2D eigenvalue weighted by Crippen LogP contribution is -2.38. The molecule has 134 valence electrons. The second kappa shape index (κ2) is 7.11. The summed E-state index contributed by atoms with van der Waals surface area (Å²) in [6.45, 7) is 3.93. The fourth-order valence-electron chi connectivity index (χ4n) is 3.69. The van der Waals surface area contributed by atoms with Gasteiger partial charge in [0.15, 0.2) is 5.16 Å². The largest absolute Gasteiger partial charge is 0.342 e. The molecule has 1 N–H and O–H groups in total. The van der Waals surface area contributed by atoms with Crippen molar-refractivity contribution in [3.05, 3.63) is 20.8 Å². The number of nitrogens with one attached hydrogen (secondary N) is 1. The van der Waals surface area contributed by atoms with Crippen LogP contribution in [0.25, 0.3) is 10.2 Å². The Kier molecular flexibility index (Phi) is 4.86. The highest BCUT2D eigenvalue weighted by atomic mass is 32.2. The van der Waals surface area contributed by atoms with E-state index in [4.69, 9.17) is 0 Å². The fraction of sp³-hybridized carbons (Fsp3) is 0.611. The summed E-state index contributed by atoms with van der Waals surface area (Å²) in [7, 11) is 0. The van der Waals surface area contributed by atoms with Gasteiger partial charge in [0.25, 0.3) is 5.56 Å². The molecule has 0 radical (unpaired) electrons. The van der Waals surface area contributed by atoms with E-state index in [1.165, 1.54) is 28.6 Å². The van der Waals surface area contributed by atoms with Crippen LogP contribution in [-0.4, -0.2) is 39.6 Å². The van der Waals surface area contributed by atoms with E-state index in [9.17, 15) is 9.59 Å². The van der Waals surface area contributed by atoms with Gasteiger partial charge in [-0.05, 0) is 50.0 Å². The van der Waals surface area contributed by atoms with E-state index in [0.717, 1.165) is 55.4 Å². The topological polar surface area (TPSA) is 66.1 Å². The van der Waals surface area contributed by atoms with Crippen molar-refractivity contribution in [2.24, 2.45) is 5.92 Å². The van der Waals surface area contributed by atoms with Crippen molar-refractivity contribution < 1.29 is 4.79 Å². The molecule has 3 heterocycles. The van der Waals surface area contributed by atoms with Gasteiger partial charge in [-0.3, -0.25) is 9.59 Å². The highest BCUT2D eigenvalue weighted by Gasteiger charge is 2.22. The Hall–Kier alpha value is -1.34. The van der Waals surface area contributed by atoms with Crippen LogP contribution in [0.4, 0.5) is 0 Å². The number of piperidine rings is 1. The number of hydrogen-bond acceptors (Lipinski definition) is 5. The summed E-state index contributed by atoms with van der Waals surface area (Å²) in [5.41, 5.74) is 1.15. The summed E-state index contributed by atoms with van der Waals surface area (Å²) >= 11 is 3.00. The van der Waals surface area contributed by atoms with Gasteiger partial charge in [-0.15, -0.1) is 11.3 Å². The van der Waals surface area contributed by atoms with Crippen LogP contribution in [0.2, 0.25) is 0 Å². The number of hydrogen-bond donors (Lipinski definition) is 1. The summed E-state index contributed by atoms with van der Waals surface area (Å²) < 4.78 is 0. The molecule has 1 fully saturated rings. The van der Waals surface area contributed by atoms with Gasteiger partial charge in [-0.25, -0.2) is 4.98 Å². The van der Waals surface area contributed by atoms with Crippen LogP contribution < -0.4 is 5.56 Å². The molecule has 25 heavy (non-hydrogen) atoms. The Morgan fingerprint density at radius 1 is 1.32 bits per heavy atom. The van der Waals surface area contributed by atoms with Gasteiger partial charge >= 0.3 is 0 Å². The Morgan fingerprint density at radius 3 is 2.88 bits per heavy atom. The number of carbonyl (C=O) groups excluding carboxylic acids is 1. The Morgan fingerprint density at radius 2 is 2.08 bits per heavy atom. The quantitative estimate of drug-likeness (QED) is 0.659. The van der Waals surface area contributed by atoms with Crippen LogP contribution in [0.15, 0.2) is 9.95 Å². The van der Waals surface area contributed by atoms with Gasteiger partial charge in [-0.2, -0.15) is 0 Å². The summed E-state index contributed by atoms with van der Waals surface area (Å²) in [5.74, 6) is 1.19. The molecule has 1 amide bonds. The lowest BCUT2D eigenvalue weighted by Gasteiger charge is -2.30. The molecule has 1 saturated heterocycles. The molecule has 7 heteroatoms. The standard InChI is InChI=1S/C18H23N3O2S2/c1-11-6-8-21(9-7-11)14(22)10-24-18-19-16(23)15-12-4-2-3-5-13(12)25-17(15)20-18/h11H,2-10H2,1H3,(H,19,20,23). The first-order valence-electron chi connectivity index (χ1n) is 9.07. The van der Waals surface area contributed by atoms with Crippen LogP contribution in [-0.2, 0) is 17.6 Å². The molecule has 0 saturated carbocycles. The van der Waals surface area contributed by atoms with Crippen LogP contribution in [0.3, 0.4) is 0 Å². The zero-order valence-electron chi connectivity index (χ0n) is 14.5. The van der Waals surface area contributed by atoms with Crippen molar-refractivity contribution in [2.75, 3.05) is 18.8 Å². The monoisotopic (exact) mass is 377 g/mol. The lowest BCUT2D eigenvalue weighted by molar-refractivity contribution is -0.129. The second-order valence-corrected chi connectivity index (χ2v) is 9.16. The molecule has 2 aliphatic rings. The van der Waals surface area contributed by atoms with Crippen molar-refractivity contribution in [1.82, 2.24) is 14.9 Å². The van der Waals surface area contributed by atoms with Crippen molar-refractivity contribution >= 4 is 39.2 Å². The highest BCUT2D eigenvalue weighted by molar-refractivity contribution is 7.99. The van der Waals surface area contributed by atoms with Gasteiger partial charge in [0, 0.05) is 18.0 Å². The maximum Gasteiger partial charge on any atom is 0.260 e. The molecule has 5 nitrogen and oxygen atoms in total. The van der Waals surface area contributed by atoms with E-state index in [-0.39, 0.29) is 11.5 Å². The van der Waals surface area contributed by atoms with E-state index in [1.54, 1.807) is 11.3 Å². The summed E-state index contributed by atoms with van der Waals surface area (Å²) in [6, 6.07) is 0. The van der Waals surface area contributed by atoms with Crippen molar-refractivity contribution in [1.29, 1.82) is 0 Å². The number of aryl methyl sites for hydroxylation is 2. The average Bonchev–Trinajstić information content (AvgIpc) is 2.99. The molecular formula is C18H23N3O2S2. The van der Waals surface area contributed by atoms with Crippen molar-refractivity contribution in [2.45, 2.75) is 50.6 Å². The molecule has 0 atom stereocenters. The van der Waals surface area contributed by atoms with Crippen molar-refractivity contribution in [3.8, 4) is 0 Å². The number of likely N-dealkylation sites (tertiary alicyclic amines) is 1. The normalized spacial score (nSPS) is 18.5. The predicted octanol–water partition coefficient (Wildman–Crippen LogP) is 3.21. The average molecular weight is 378 g/mol. The molecule has 0 aromatic carbocycles. The van der Waals surface area contributed by atoms with E-state index in [2.05, 4.69) is 16.9 Å². The number of thioether (sulfide) groups is 1. The van der Waals surface area contributed by atoms with Crippen LogP contribution in [0, 0.1) is 5.92 Å².